The van der Waals surface area contributed by atoms with E-state index < -0.39 is 0 Å². The standard InChI is InChI=1S/C13H17ClN2OS/c1-3-8(4-2)13(17)16-11-7-9(12(15)18)5-6-10(11)14/h5-8H,3-4H2,1-2H3,(H2,15,18)(H,16,17). The molecule has 0 aliphatic carbocycles. The zero-order chi connectivity index (χ0) is 13.7. The van der Waals surface area contributed by atoms with Gasteiger partial charge in [-0.25, -0.2) is 0 Å². The number of benzene rings is 1. The lowest BCUT2D eigenvalue weighted by molar-refractivity contribution is -0.120. The third kappa shape index (κ3) is 3.68. The highest BCUT2D eigenvalue weighted by Crippen LogP contribution is 2.24. The average molecular weight is 285 g/mol. The summed E-state index contributed by atoms with van der Waals surface area (Å²) in [6.07, 6.45) is 1.60. The lowest BCUT2D eigenvalue weighted by Crippen LogP contribution is -2.22. The topological polar surface area (TPSA) is 55.1 Å². The Kier molecular flexibility index (Phi) is 5.56. The van der Waals surface area contributed by atoms with Crippen molar-refractivity contribution in [2.45, 2.75) is 26.7 Å². The van der Waals surface area contributed by atoms with Crippen LogP contribution in [-0.2, 0) is 4.79 Å². The molecule has 1 amide bonds. The zero-order valence-electron chi connectivity index (χ0n) is 10.5. The molecule has 0 spiro atoms. The molecule has 1 rings (SSSR count). The Labute approximate surface area is 118 Å². The number of anilines is 1. The van der Waals surface area contributed by atoms with E-state index in [9.17, 15) is 4.79 Å². The van der Waals surface area contributed by atoms with Crippen LogP contribution in [0.25, 0.3) is 0 Å². The molecule has 0 fully saturated rings. The Morgan fingerprint density at radius 1 is 1.44 bits per heavy atom. The van der Waals surface area contributed by atoms with Crippen molar-refractivity contribution in [3.63, 3.8) is 0 Å². The minimum Gasteiger partial charge on any atom is -0.389 e. The van der Waals surface area contributed by atoms with Crippen molar-refractivity contribution in [2.75, 3.05) is 5.32 Å². The molecule has 3 N–H and O–H groups in total. The van der Waals surface area contributed by atoms with Gasteiger partial charge in [-0.15, -0.1) is 0 Å². The molecule has 3 nitrogen and oxygen atoms in total. The Morgan fingerprint density at radius 3 is 2.56 bits per heavy atom. The minimum absolute atomic E-state index is 0.00505. The molecule has 0 aliphatic heterocycles. The van der Waals surface area contributed by atoms with E-state index in [0.717, 1.165) is 12.8 Å². The summed E-state index contributed by atoms with van der Waals surface area (Å²) in [5.41, 5.74) is 6.79. The van der Waals surface area contributed by atoms with Crippen LogP contribution in [0.1, 0.15) is 32.3 Å². The molecule has 0 saturated carbocycles. The second-order valence-electron chi connectivity index (χ2n) is 4.06. The molecule has 0 heterocycles. The van der Waals surface area contributed by atoms with Crippen LogP contribution in [0, 0.1) is 5.92 Å². The molecule has 0 aromatic heterocycles. The quantitative estimate of drug-likeness (QED) is 0.815. The van der Waals surface area contributed by atoms with Crippen LogP contribution in [0.5, 0.6) is 0 Å². The van der Waals surface area contributed by atoms with E-state index in [-0.39, 0.29) is 16.8 Å². The van der Waals surface area contributed by atoms with E-state index in [1.165, 1.54) is 0 Å². The van der Waals surface area contributed by atoms with E-state index in [1.54, 1.807) is 18.2 Å². The number of carbonyl (C=O) groups is 1. The summed E-state index contributed by atoms with van der Waals surface area (Å²) in [4.78, 5) is 12.3. The van der Waals surface area contributed by atoms with Gasteiger partial charge in [0.05, 0.1) is 10.7 Å². The van der Waals surface area contributed by atoms with Gasteiger partial charge in [-0.1, -0.05) is 43.7 Å². The Morgan fingerprint density at radius 2 is 2.06 bits per heavy atom. The van der Waals surface area contributed by atoms with Crippen LogP contribution in [0.15, 0.2) is 18.2 Å². The smallest absolute Gasteiger partial charge is 0.227 e. The molecule has 5 heteroatoms. The number of nitrogens with two attached hydrogens (primary N) is 1. The van der Waals surface area contributed by atoms with Gasteiger partial charge in [0.1, 0.15) is 4.99 Å². The van der Waals surface area contributed by atoms with Crippen molar-refractivity contribution < 1.29 is 4.79 Å². The van der Waals surface area contributed by atoms with Gasteiger partial charge in [0, 0.05) is 11.5 Å². The number of nitrogens with one attached hydrogen (secondary N) is 1. The fraction of sp³-hybridized carbons (Fsp3) is 0.385. The Bertz CT molecular complexity index is 458. The largest absolute Gasteiger partial charge is 0.389 e. The molecule has 18 heavy (non-hydrogen) atoms. The van der Waals surface area contributed by atoms with Gasteiger partial charge < -0.3 is 11.1 Å². The normalized spacial score (nSPS) is 10.4. The summed E-state index contributed by atoms with van der Waals surface area (Å²) in [5.74, 6) is -0.0310. The molecule has 0 atom stereocenters. The summed E-state index contributed by atoms with van der Waals surface area (Å²) >= 11 is 10.9. The first-order valence-electron chi connectivity index (χ1n) is 5.89. The van der Waals surface area contributed by atoms with Gasteiger partial charge in [0.2, 0.25) is 5.91 Å². The zero-order valence-corrected chi connectivity index (χ0v) is 12.1. The van der Waals surface area contributed by atoms with Crippen LogP contribution >= 0.6 is 23.8 Å². The summed E-state index contributed by atoms with van der Waals surface area (Å²) < 4.78 is 0. The predicted octanol–water partition coefficient (Wildman–Crippen LogP) is 3.35. The van der Waals surface area contributed by atoms with Crippen molar-refractivity contribution in [1.29, 1.82) is 0 Å². The fourth-order valence-corrected chi connectivity index (χ4v) is 1.96. The van der Waals surface area contributed by atoms with Gasteiger partial charge in [0.15, 0.2) is 0 Å². The second-order valence-corrected chi connectivity index (χ2v) is 4.91. The lowest BCUT2D eigenvalue weighted by Gasteiger charge is -2.14. The van der Waals surface area contributed by atoms with Gasteiger partial charge in [-0.2, -0.15) is 0 Å². The van der Waals surface area contributed by atoms with Crippen LogP contribution in [0.3, 0.4) is 0 Å². The number of carbonyl (C=O) groups excluding carboxylic acids is 1. The molecular weight excluding hydrogens is 268 g/mol. The van der Waals surface area contributed by atoms with E-state index in [0.29, 0.717) is 16.3 Å². The maximum absolute atomic E-state index is 12.0. The number of halogens is 1. The highest BCUT2D eigenvalue weighted by molar-refractivity contribution is 7.80. The van der Waals surface area contributed by atoms with E-state index >= 15 is 0 Å². The fourth-order valence-electron chi connectivity index (χ4n) is 1.67. The maximum atomic E-state index is 12.0. The van der Waals surface area contributed by atoms with Crippen molar-refractivity contribution in [1.82, 2.24) is 0 Å². The summed E-state index contributed by atoms with van der Waals surface area (Å²) in [7, 11) is 0. The molecule has 1 aromatic carbocycles. The van der Waals surface area contributed by atoms with Gasteiger partial charge in [0.25, 0.3) is 0 Å². The predicted molar refractivity (Wildman–Crippen MR) is 80.0 cm³/mol. The van der Waals surface area contributed by atoms with Gasteiger partial charge in [-0.3, -0.25) is 4.79 Å². The second kappa shape index (κ2) is 6.71. The van der Waals surface area contributed by atoms with E-state index in [1.807, 2.05) is 13.8 Å². The first-order valence-corrected chi connectivity index (χ1v) is 6.68. The monoisotopic (exact) mass is 284 g/mol. The SMILES string of the molecule is CCC(CC)C(=O)Nc1cc(C(N)=S)ccc1Cl. The summed E-state index contributed by atoms with van der Waals surface area (Å²) in [5, 5.41) is 3.30. The number of hydrogen-bond donors (Lipinski definition) is 2. The first-order chi connectivity index (χ1) is 8.49. The van der Waals surface area contributed by atoms with E-state index in [4.69, 9.17) is 29.6 Å². The minimum atomic E-state index is -0.0259. The molecule has 1 aromatic rings. The Hall–Kier alpha value is -1.13. The van der Waals surface area contributed by atoms with Crippen LogP contribution in [0.2, 0.25) is 5.02 Å². The molecule has 0 radical (unpaired) electrons. The van der Waals surface area contributed by atoms with Crippen LogP contribution in [0.4, 0.5) is 5.69 Å². The molecular formula is C13H17ClN2OS. The average Bonchev–Trinajstić information content (AvgIpc) is 2.33. The third-order valence-corrected chi connectivity index (χ3v) is 3.43. The van der Waals surface area contributed by atoms with Crippen LogP contribution in [-0.4, -0.2) is 10.9 Å². The number of thiocarbonyl (C=S) groups is 1. The van der Waals surface area contributed by atoms with E-state index in [2.05, 4.69) is 5.32 Å². The lowest BCUT2D eigenvalue weighted by atomic mass is 10.0. The molecule has 0 saturated heterocycles. The number of amides is 1. The molecule has 0 unspecified atom stereocenters. The van der Waals surface area contributed by atoms with Crippen molar-refractivity contribution in [3.8, 4) is 0 Å². The first kappa shape index (κ1) is 14.9. The third-order valence-electron chi connectivity index (χ3n) is 2.87. The number of rotatable bonds is 5. The molecule has 98 valence electrons. The maximum Gasteiger partial charge on any atom is 0.227 e. The summed E-state index contributed by atoms with van der Waals surface area (Å²) in [6, 6.07) is 5.11. The van der Waals surface area contributed by atoms with Crippen molar-refractivity contribution in [3.05, 3.63) is 28.8 Å². The summed E-state index contributed by atoms with van der Waals surface area (Å²) in [6.45, 7) is 3.97. The molecule has 0 aliphatic rings. The van der Waals surface area contributed by atoms with Crippen molar-refractivity contribution in [2.24, 2.45) is 11.7 Å². The Balaban J connectivity index is 2.93. The highest BCUT2D eigenvalue weighted by Gasteiger charge is 2.15. The molecule has 0 bridgehead atoms. The van der Waals surface area contributed by atoms with Gasteiger partial charge >= 0.3 is 0 Å². The van der Waals surface area contributed by atoms with Crippen LogP contribution < -0.4 is 11.1 Å². The highest BCUT2D eigenvalue weighted by atomic mass is 35.5. The van der Waals surface area contributed by atoms with Crippen molar-refractivity contribution >= 4 is 40.4 Å². The van der Waals surface area contributed by atoms with Gasteiger partial charge in [-0.05, 0) is 25.0 Å². The number of hydrogen-bond acceptors (Lipinski definition) is 2.